The largest absolute Gasteiger partial charge is 0.355 e. The monoisotopic (exact) mass is 432 g/mol. The first-order chi connectivity index (χ1) is 15.2. The molecule has 1 aromatic heterocycles. The van der Waals surface area contributed by atoms with E-state index in [1.807, 2.05) is 48.5 Å². The maximum absolute atomic E-state index is 12.6. The van der Waals surface area contributed by atoms with Gasteiger partial charge in [-0.3, -0.25) is 4.79 Å². The predicted molar refractivity (Wildman–Crippen MR) is 125 cm³/mol. The van der Waals surface area contributed by atoms with Crippen molar-refractivity contribution in [2.45, 2.75) is 35.6 Å². The Morgan fingerprint density at radius 3 is 2.32 bits per heavy atom. The zero-order chi connectivity index (χ0) is 21.5. The predicted octanol–water partition coefficient (Wildman–Crippen LogP) is 4.76. The Kier molecular flexibility index (Phi) is 7.20. The number of hydrogen-bond acceptors (Lipinski definition) is 5. The number of piperidine rings is 1. The molecule has 2 aromatic carbocycles. The number of aromatic nitrogens is 2. The lowest BCUT2D eigenvalue weighted by Crippen LogP contribution is -2.41. The third kappa shape index (κ3) is 5.85. The molecule has 31 heavy (non-hydrogen) atoms. The van der Waals surface area contributed by atoms with Crippen molar-refractivity contribution in [1.82, 2.24) is 15.5 Å². The number of carbonyl (C=O) groups excluding carboxylic acids is 1. The Hall–Kier alpha value is -2.86. The number of rotatable bonds is 7. The van der Waals surface area contributed by atoms with Crippen molar-refractivity contribution in [1.29, 1.82) is 0 Å². The van der Waals surface area contributed by atoms with Crippen LogP contribution in [-0.2, 0) is 4.79 Å². The first kappa shape index (κ1) is 21.4. The van der Waals surface area contributed by atoms with E-state index in [9.17, 15) is 4.79 Å². The molecule has 1 fully saturated rings. The van der Waals surface area contributed by atoms with Crippen molar-refractivity contribution in [2.75, 3.05) is 24.5 Å². The van der Waals surface area contributed by atoms with Crippen LogP contribution in [0.4, 0.5) is 5.82 Å². The molecular formula is C25H28N4OS. The summed E-state index contributed by atoms with van der Waals surface area (Å²) in [7, 11) is 0. The minimum Gasteiger partial charge on any atom is -0.355 e. The van der Waals surface area contributed by atoms with E-state index < -0.39 is 0 Å². The van der Waals surface area contributed by atoms with Crippen LogP contribution < -0.4 is 10.2 Å². The number of nitrogens with zero attached hydrogens (tertiary/aromatic N) is 3. The van der Waals surface area contributed by atoms with E-state index in [1.165, 1.54) is 5.56 Å². The van der Waals surface area contributed by atoms with Crippen molar-refractivity contribution >= 4 is 23.5 Å². The minimum atomic E-state index is 0.0695. The molecule has 1 N–H and O–H groups in total. The van der Waals surface area contributed by atoms with Crippen LogP contribution in [0, 0.1) is 5.92 Å². The van der Waals surface area contributed by atoms with Gasteiger partial charge in [0.15, 0.2) is 5.82 Å². The Morgan fingerprint density at radius 1 is 1.00 bits per heavy atom. The molecule has 5 nitrogen and oxygen atoms in total. The Morgan fingerprint density at radius 2 is 1.68 bits per heavy atom. The van der Waals surface area contributed by atoms with E-state index in [2.05, 4.69) is 51.6 Å². The van der Waals surface area contributed by atoms with Crippen LogP contribution in [0.5, 0.6) is 0 Å². The lowest BCUT2D eigenvalue weighted by Gasteiger charge is -2.32. The quantitative estimate of drug-likeness (QED) is 0.583. The summed E-state index contributed by atoms with van der Waals surface area (Å²) in [5, 5.41) is 12.8. The van der Waals surface area contributed by atoms with Gasteiger partial charge in [-0.05, 0) is 48.6 Å². The summed E-state index contributed by atoms with van der Waals surface area (Å²) in [6, 6.07) is 24.5. The highest BCUT2D eigenvalue weighted by Gasteiger charge is 2.26. The van der Waals surface area contributed by atoms with Crippen LogP contribution >= 0.6 is 11.8 Å². The molecule has 0 spiro atoms. The summed E-state index contributed by atoms with van der Waals surface area (Å²) < 4.78 is 0. The molecule has 4 rings (SSSR count). The summed E-state index contributed by atoms with van der Waals surface area (Å²) in [5.41, 5.74) is 1.25. The van der Waals surface area contributed by atoms with Crippen LogP contribution in [0.3, 0.4) is 0 Å². The maximum atomic E-state index is 12.6. The Labute approximate surface area is 188 Å². The molecule has 0 unspecified atom stereocenters. The topological polar surface area (TPSA) is 58.1 Å². The maximum Gasteiger partial charge on any atom is 0.223 e. The minimum absolute atomic E-state index is 0.0695. The SMILES string of the molecule is C[C@H](CNC(=O)C1CCN(c2ccc(Sc3ccccc3)nn2)CC1)c1ccccc1. The van der Waals surface area contributed by atoms with Crippen LogP contribution in [-0.4, -0.2) is 35.7 Å². The number of amides is 1. The van der Waals surface area contributed by atoms with Crippen LogP contribution in [0.2, 0.25) is 0 Å². The summed E-state index contributed by atoms with van der Waals surface area (Å²) >= 11 is 1.61. The van der Waals surface area contributed by atoms with E-state index in [-0.39, 0.29) is 11.8 Å². The molecule has 6 heteroatoms. The second kappa shape index (κ2) is 10.4. The van der Waals surface area contributed by atoms with Gasteiger partial charge in [0.1, 0.15) is 5.03 Å². The average Bonchev–Trinajstić information content (AvgIpc) is 2.84. The third-order valence-corrected chi connectivity index (χ3v) is 6.67. The van der Waals surface area contributed by atoms with Gasteiger partial charge in [0, 0.05) is 30.4 Å². The molecular weight excluding hydrogens is 404 g/mol. The molecule has 0 radical (unpaired) electrons. The summed E-state index contributed by atoms with van der Waals surface area (Å²) in [6.07, 6.45) is 1.68. The van der Waals surface area contributed by atoms with Gasteiger partial charge in [-0.25, -0.2) is 0 Å². The molecule has 0 bridgehead atoms. The Balaban J connectivity index is 1.24. The van der Waals surface area contributed by atoms with E-state index >= 15 is 0 Å². The van der Waals surface area contributed by atoms with Gasteiger partial charge in [-0.15, -0.1) is 10.2 Å². The van der Waals surface area contributed by atoms with E-state index in [4.69, 9.17) is 0 Å². The lowest BCUT2D eigenvalue weighted by atomic mass is 9.95. The van der Waals surface area contributed by atoms with Crippen LogP contribution in [0.1, 0.15) is 31.2 Å². The fourth-order valence-electron chi connectivity index (χ4n) is 3.81. The highest BCUT2D eigenvalue weighted by molar-refractivity contribution is 7.99. The number of nitrogens with one attached hydrogen (secondary N) is 1. The fourth-order valence-corrected chi connectivity index (χ4v) is 4.57. The van der Waals surface area contributed by atoms with Crippen molar-refractivity contribution in [3.05, 3.63) is 78.4 Å². The zero-order valence-corrected chi connectivity index (χ0v) is 18.6. The molecule has 1 amide bonds. The molecule has 0 aliphatic carbocycles. The van der Waals surface area contributed by atoms with Gasteiger partial charge in [0.2, 0.25) is 5.91 Å². The molecule has 3 aromatic rings. The molecule has 1 aliphatic rings. The second-order valence-electron chi connectivity index (χ2n) is 7.96. The van der Waals surface area contributed by atoms with Crippen LogP contribution in [0.15, 0.2) is 82.7 Å². The van der Waals surface area contributed by atoms with Gasteiger partial charge in [0.05, 0.1) is 0 Å². The van der Waals surface area contributed by atoms with Gasteiger partial charge < -0.3 is 10.2 Å². The number of hydrogen-bond donors (Lipinski definition) is 1. The van der Waals surface area contributed by atoms with Crippen molar-refractivity contribution in [3.63, 3.8) is 0 Å². The summed E-state index contributed by atoms with van der Waals surface area (Å²) in [6.45, 7) is 4.48. The first-order valence-electron chi connectivity index (χ1n) is 10.8. The highest BCUT2D eigenvalue weighted by Crippen LogP contribution is 2.27. The highest BCUT2D eigenvalue weighted by atomic mass is 32.2. The third-order valence-electron chi connectivity index (χ3n) is 5.73. The van der Waals surface area contributed by atoms with Crippen molar-refractivity contribution < 1.29 is 4.79 Å². The summed E-state index contributed by atoms with van der Waals surface area (Å²) in [4.78, 5) is 16.0. The number of benzene rings is 2. The van der Waals surface area contributed by atoms with E-state index in [1.54, 1.807) is 11.8 Å². The van der Waals surface area contributed by atoms with Crippen molar-refractivity contribution in [2.24, 2.45) is 5.92 Å². The molecule has 1 aliphatic heterocycles. The second-order valence-corrected chi connectivity index (χ2v) is 9.06. The molecule has 1 saturated heterocycles. The normalized spacial score (nSPS) is 15.5. The Bertz CT molecular complexity index is 958. The molecule has 1 atom stereocenters. The first-order valence-corrected chi connectivity index (χ1v) is 11.6. The van der Waals surface area contributed by atoms with Crippen molar-refractivity contribution in [3.8, 4) is 0 Å². The van der Waals surface area contributed by atoms with Gasteiger partial charge in [-0.1, -0.05) is 67.2 Å². The van der Waals surface area contributed by atoms with Gasteiger partial charge in [-0.2, -0.15) is 0 Å². The van der Waals surface area contributed by atoms with E-state index in [0.717, 1.165) is 41.7 Å². The smallest absolute Gasteiger partial charge is 0.223 e. The van der Waals surface area contributed by atoms with Crippen LogP contribution in [0.25, 0.3) is 0 Å². The number of anilines is 1. The number of carbonyl (C=O) groups is 1. The molecule has 0 saturated carbocycles. The van der Waals surface area contributed by atoms with Gasteiger partial charge >= 0.3 is 0 Å². The van der Waals surface area contributed by atoms with Gasteiger partial charge in [0.25, 0.3) is 0 Å². The standard InChI is InChI=1S/C25H28N4OS/c1-19(20-8-4-2-5-9-20)18-26-25(30)21-14-16-29(17-15-21)23-12-13-24(28-27-23)31-22-10-6-3-7-11-22/h2-13,19,21H,14-18H2,1H3,(H,26,30)/t19-/m1/s1. The lowest BCUT2D eigenvalue weighted by molar-refractivity contribution is -0.125. The van der Waals surface area contributed by atoms with E-state index in [0.29, 0.717) is 12.5 Å². The zero-order valence-electron chi connectivity index (χ0n) is 17.8. The summed E-state index contributed by atoms with van der Waals surface area (Å²) in [5.74, 6) is 1.44. The molecule has 160 valence electrons. The average molecular weight is 433 g/mol. The molecule has 2 heterocycles. The fraction of sp³-hybridized carbons (Fsp3) is 0.320.